The van der Waals surface area contributed by atoms with Crippen molar-refractivity contribution in [3.63, 3.8) is 0 Å². The molecule has 96 valence electrons. The number of hydrogen-bond acceptors (Lipinski definition) is 1. The lowest BCUT2D eigenvalue weighted by molar-refractivity contribution is -0.127. The van der Waals surface area contributed by atoms with E-state index < -0.39 is 17.2 Å². The van der Waals surface area contributed by atoms with Gasteiger partial charge in [0.1, 0.15) is 0 Å². The predicted molar refractivity (Wildman–Crippen MR) is 59.1 cm³/mol. The van der Waals surface area contributed by atoms with Gasteiger partial charge in [0.05, 0.1) is 5.57 Å². The minimum absolute atomic E-state index is 0.271. The van der Waals surface area contributed by atoms with Crippen LogP contribution in [0.3, 0.4) is 0 Å². The van der Waals surface area contributed by atoms with Crippen LogP contribution >= 0.6 is 0 Å². The topological polar surface area (TPSA) is 29.1 Å². The molecule has 0 spiro atoms. The van der Waals surface area contributed by atoms with E-state index in [2.05, 4.69) is 5.32 Å². The quantitative estimate of drug-likeness (QED) is 0.756. The summed E-state index contributed by atoms with van der Waals surface area (Å²) in [6.45, 7) is 5.14. The summed E-state index contributed by atoms with van der Waals surface area (Å²) in [6, 6.07) is 0. The molecular weight excluding hydrogens is 231 g/mol. The summed E-state index contributed by atoms with van der Waals surface area (Å²) in [6.07, 6.45) is -1.47. The monoisotopic (exact) mass is 247 g/mol. The Hall–Kier alpha value is -1.26. The second-order valence-corrected chi connectivity index (χ2v) is 5.07. The van der Waals surface area contributed by atoms with Gasteiger partial charge in [0.15, 0.2) is 0 Å². The standard InChI is InChI=1S/C12H16F3NO/c1-11(2,3)10(17)16-9-6-4-5-8(7-9)12(13,14)15/h5,7H,4,6H2,1-3H3,(H,16,17). The van der Waals surface area contributed by atoms with Gasteiger partial charge in [-0.2, -0.15) is 13.2 Å². The van der Waals surface area contributed by atoms with Crippen LogP contribution < -0.4 is 5.32 Å². The second kappa shape index (κ2) is 4.55. The smallest absolute Gasteiger partial charge is 0.329 e. The maximum Gasteiger partial charge on any atom is 0.416 e. The Morgan fingerprint density at radius 3 is 2.35 bits per heavy atom. The zero-order valence-electron chi connectivity index (χ0n) is 10.1. The van der Waals surface area contributed by atoms with Crippen LogP contribution in [0.2, 0.25) is 0 Å². The Morgan fingerprint density at radius 1 is 1.29 bits per heavy atom. The van der Waals surface area contributed by atoms with Gasteiger partial charge in [-0.05, 0) is 18.9 Å². The van der Waals surface area contributed by atoms with Crippen molar-refractivity contribution in [3.8, 4) is 0 Å². The first-order chi connectivity index (χ1) is 7.60. The first-order valence-corrected chi connectivity index (χ1v) is 5.40. The van der Waals surface area contributed by atoms with Gasteiger partial charge in [0.2, 0.25) is 5.91 Å². The normalized spacial score (nSPS) is 17.3. The van der Waals surface area contributed by atoms with Crippen LogP contribution in [0.4, 0.5) is 13.2 Å². The van der Waals surface area contributed by atoms with Gasteiger partial charge in [-0.15, -0.1) is 0 Å². The SMILES string of the molecule is CC(C)(C)C(=O)NC1=CC(C(F)(F)F)=CCC1. The summed E-state index contributed by atoms with van der Waals surface area (Å²) in [4.78, 5) is 11.6. The van der Waals surface area contributed by atoms with E-state index in [1.54, 1.807) is 20.8 Å². The molecule has 2 nitrogen and oxygen atoms in total. The molecule has 1 amide bonds. The molecule has 0 heterocycles. The Kier molecular flexibility index (Phi) is 3.69. The lowest BCUT2D eigenvalue weighted by Crippen LogP contribution is -2.34. The summed E-state index contributed by atoms with van der Waals surface area (Å²) in [7, 11) is 0. The first kappa shape index (κ1) is 13.8. The number of hydrogen-bond donors (Lipinski definition) is 1. The van der Waals surface area contributed by atoms with Crippen molar-refractivity contribution in [2.45, 2.75) is 39.8 Å². The van der Waals surface area contributed by atoms with Crippen molar-refractivity contribution in [2.24, 2.45) is 5.41 Å². The molecule has 0 saturated carbocycles. The third-order valence-electron chi connectivity index (χ3n) is 2.39. The summed E-state index contributed by atoms with van der Waals surface area (Å²) in [5.74, 6) is -0.271. The highest BCUT2D eigenvalue weighted by atomic mass is 19.4. The number of halogens is 3. The molecule has 0 aromatic carbocycles. The number of alkyl halides is 3. The van der Waals surface area contributed by atoms with Crippen LogP contribution in [0.25, 0.3) is 0 Å². The van der Waals surface area contributed by atoms with E-state index in [0.29, 0.717) is 18.5 Å². The molecule has 1 aliphatic rings. The van der Waals surface area contributed by atoms with Crippen LogP contribution in [0.15, 0.2) is 23.4 Å². The molecule has 1 N–H and O–H groups in total. The van der Waals surface area contributed by atoms with Gasteiger partial charge < -0.3 is 5.32 Å². The van der Waals surface area contributed by atoms with Gasteiger partial charge in [-0.1, -0.05) is 26.8 Å². The Labute approximate surface area is 98.6 Å². The van der Waals surface area contributed by atoms with Crippen molar-refractivity contribution < 1.29 is 18.0 Å². The van der Waals surface area contributed by atoms with Gasteiger partial charge >= 0.3 is 6.18 Å². The largest absolute Gasteiger partial charge is 0.416 e. The molecule has 0 atom stereocenters. The van der Waals surface area contributed by atoms with Crippen LogP contribution in [0.5, 0.6) is 0 Å². The van der Waals surface area contributed by atoms with Crippen LogP contribution in [-0.2, 0) is 4.79 Å². The van der Waals surface area contributed by atoms with Crippen molar-refractivity contribution in [1.29, 1.82) is 0 Å². The maximum atomic E-state index is 12.5. The van der Waals surface area contributed by atoms with E-state index in [4.69, 9.17) is 0 Å². The Balaban J connectivity index is 2.78. The lowest BCUT2D eigenvalue weighted by atomic mass is 9.94. The Morgan fingerprint density at radius 2 is 1.88 bits per heavy atom. The van der Waals surface area contributed by atoms with Crippen LogP contribution in [-0.4, -0.2) is 12.1 Å². The summed E-state index contributed by atoms with van der Waals surface area (Å²) < 4.78 is 37.4. The lowest BCUT2D eigenvalue weighted by Gasteiger charge is -2.21. The van der Waals surface area contributed by atoms with Crippen LogP contribution in [0.1, 0.15) is 33.6 Å². The highest BCUT2D eigenvalue weighted by Crippen LogP contribution is 2.31. The molecule has 0 bridgehead atoms. The van der Waals surface area contributed by atoms with Gasteiger partial charge in [0, 0.05) is 11.1 Å². The molecule has 0 radical (unpaired) electrons. The number of rotatable bonds is 1. The van der Waals surface area contributed by atoms with Crippen molar-refractivity contribution >= 4 is 5.91 Å². The van der Waals surface area contributed by atoms with E-state index in [-0.39, 0.29) is 5.91 Å². The molecular formula is C12H16F3NO. The van der Waals surface area contributed by atoms with Crippen molar-refractivity contribution in [1.82, 2.24) is 5.32 Å². The second-order valence-electron chi connectivity index (χ2n) is 5.07. The van der Waals surface area contributed by atoms with Gasteiger partial charge in [0.25, 0.3) is 0 Å². The maximum absolute atomic E-state index is 12.5. The minimum Gasteiger partial charge on any atom is -0.329 e. The molecule has 0 fully saturated rings. The molecule has 0 unspecified atom stereocenters. The fraction of sp³-hybridized carbons (Fsp3) is 0.583. The zero-order chi connectivity index (χ0) is 13.3. The molecule has 1 aliphatic carbocycles. The number of allylic oxidation sites excluding steroid dienone is 4. The molecule has 0 aromatic rings. The van der Waals surface area contributed by atoms with E-state index in [1.807, 2.05) is 0 Å². The minimum atomic E-state index is -4.35. The van der Waals surface area contributed by atoms with E-state index >= 15 is 0 Å². The number of carbonyl (C=O) groups excluding carboxylic acids is 1. The average molecular weight is 247 g/mol. The molecule has 5 heteroatoms. The van der Waals surface area contributed by atoms with E-state index in [1.165, 1.54) is 0 Å². The highest BCUT2D eigenvalue weighted by Gasteiger charge is 2.33. The van der Waals surface area contributed by atoms with Gasteiger partial charge in [-0.3, -0.25) is 4.79 Å². The first-order valence-electron chi connectivity index (χ1n) is 5.40. The summed E-state index contributed by atoms with van der Waals surface area (Å²) >= 11 is 0. The molecule has 17 heavy (non-hydrogen) atoms. The predicted octanol–water partition coefficient (Wildman–Crippen LogP) is 3.32. The fourth-order valence-electron chi connectivity index (χ4n) is 1.33. The molecule has 0 saturated heterocycles. The number of amides is 1. The van der Waals surface area contributed by atoms with Crippen LogP contribution in [0, 0.1) is 5.41 Å². The zero-order valence-corrected chi connectivity index (χ0v) is 10.1. The molecule has 0 aromatic heterocycles. The number of carbonyl (C=O) groups is 1. The van der Waals surface area contributed by atoms with Crippen molar-refractivity contribution in [3.05, 3.63) is 23.4 Å². The molecule has 0 aliphatic heterocycles. The van der Waals surface area contributed by atoms with E-state index in [0.717, 1.165) is 12.2 Å². The third-order valence-corrected chi connectivity index (χ3v) is 2.39. The van der Waals surface area contributed by atoms with E-state index in [9.17, 15) is 18.0 Å². The third kappa shape index (κ3) is 3.91. The average Bonchev–Trinajstić information content (AvgIpc) is 2.15. The summed E-state index contributed by atoms with van der Waals surface area (Å²) in [5, 5.41) is 2.54. The number of nitrogens with one attached hydrogen (secondary N) is 1. The van der Waals surface area contributed by atoms with Gasteiger partial charge in [-0.25, -0.2) is 0 Å². The Bertz CT molecular complexity index is 372. The van der Waals surface area contributed by atoms with Crippen molar-refractivity contribution in [2.75, 3.05) is 0 Å². The highest BCUT2D eigenvalue weighted by molar-refractivity contribution is 5.83. The fourth-order valence-corrected chi connectivity index (χ4v) is 1.33. The summed E-state index contributed by atoms with van der Waals surface area (Å²) in [5.41, 5.74) is -0.965. The molecule has 1 rings (SSSR count).